The number of aliphatic hydroxyl groups is 1. The van der Waals surface area contributed by atoms with Gasteiger partial charge in [0.15, 0.2) is 0 Å². The number of hydrogen-bond acceptors (Lipinski definition) is 5. The van der Waals surface area contributed by atoms with Gasteiger partial charge in [0.05, 0.1) is 18.8 Å². The van der Waals surface area contributed by atoms with Gasteiger partial charge in [-0.3, -0.25) is 0 Å². The van der Waals surface area contributed by atoms with Crippen LogP contribution in [0.5, 0.6) is 0 Å². The van der Waals surface area contributed by atoms with Gasteiger partial charge >= 0.3 is 0 Å². The monoisotopic (exact) mass is 280 g/mol. The summed E-state index contributed by atoms with van der Waals surface area (Å²) >= 11 is 0. The van der Waals surface area contributed by atoms with Gasteiger partial charge in [-0.05, 0) is 19.1 Å². The molecule has 0 atom stereocenters. The van der Waals surface area contributed by atoms with Crippen molar-refractivity contribution in [3.05, 3.63) is 41.7 Å². The zero-order valence-corrected chi connectivity index (χ0v) is 13.0. The first-order chi connectivity index (χ1) is 9.52. The Morgan fingerprint density at radius 3 is 2.25 bits per heavy atom. The minimum Gasteiger partial charge on any atom is -0.399 e. The first kappa shape index (κ1) is 18.3. The SMILES string of the molecule is CC.Cc1ccc(N(C)CCN(N)/C=C(\N)CO)cc1. The van der Waals surface area contributed by atoms with Crippen LogP contribution >= 0.6 is 0 Å². The van der Waals surface area contributed by atoms with Crippen LogP contribution in [0, 0.1) is 6.92 Å². The molecule has 1 aromatic carbocycles. The standard InChI is InChI=1S/C13H22N4O.C2H6/c1-11-3-5-13(6-4-11)16(2)7-8-17(15)9-12(14)10-18;1-2/h3-6,9,18H,7-8,10,14-15H2,1-2H3;1-2H3/b12-9-;. The molecule has 5 heteroatoms. The normalized spacial score (nSPS) is 10.6. The second kappa shape index (κ2) is 10.1. The molecule has 0 spiro atoms. The summed E-state index contributed by atoms with van der Waals surface area (Å²) in [5.41, 5.74) is 8.23. The van der Waals surface area contributed by atoms with Gasteiger partial charge in [-0.25, -0.2) is 5.84 Å². The molecule has 0 heterocycles. The van der Waals surface area contributed by atoms with E-state index in [2.05, 4.69) is 36.1 Å². The number of likely N-dealkylation sites (N-methyl/N-ethyl adjacent to an activating group) is 1. The second-order valence-electron chi connectivity index (χ2n) is 4.36. The molecule has 0 aliphatic heterocycles. The van der Waals surface area contributed by atoms with Crippen LogP contribution in [0.1, 0.15) is 19.4 Å². The topological polar surface area (TPSA) is 78.8 Å². The van der Waals surface area contributed by atoms with Crippen LogP contribution < -0.4 is 16.5 Å². The molecular formula is C15H28N4O. The van der Waals surface area contributed by atoms with E-state index in [-0.39, 0.29) is 6.61 Å². The van der Waals surface area contributed by atoms with Crippen molar-refractivity contribution in [3.63, 3.8) is 0 Å². The van der Waals surface area contributed by atoms with E-state index in [0.717, 1.165) is 12.2 Å². The molecule has 5 N–H and O–H groups in total. The highest BCUT2D eigenvalue weighted by Crippen LogP contribution is 2.12. The van der Waals surface area contributed by atoms with Gasteiger partial charge < -0.3 is 20.7 Å². The third-order valence-electron chi connectivity index (χ3n) is 2.68. The smallest absolute Gasteiger partial charge is 0.0840 e. The largest absolute Gasteiger partial charge is 0.399 e. The Hall–Kier alpha value is -1.72. The number of anilines is 1. The molecule has 0 aromatic heterocycles. The fraction of sp³-hybridized carbons (Fsp3) is 0.467. The second-order valence-corrected chi connectivity index (χ2v) is 4.36. The summed E-state index contributed by atoms with van der Waals surface area (Å²) in [4.78, 5) is 2.11. The molecular weight excluding hydrogens is 252 g/mol. The van der Waals surface area contributed by atoms with Crippen LogP contribution in [0.25, 0.3) is 0 Å². The zero-order valence-electron chi connectivity index (χ0n) is 13.0. The van der Waals surface area contributed by atoms with Crippen LogP contribution in [0.15, 0.2) is 36.2 Å². The van der Waals surface area contributed by atoms with Crippen molar-refractivity contribution < 1.29 is 5.11 Å². The first-order valence-corrected chi connectivity index (χ1v) is 6.89. The molecule has 0 bridgehead atoms. The van der Waals surface area contributed by atoms with Crippen LogP contribution in [-0.2, 0) is 0 Å². The summed E-state index contributed by atoms with van der Waals surface area (Å²) in [5, 5.41) is 10.3. The maximum Gasteiger partial charge on any atom is 0.0840 e. The van der Waals surface area contributed by atoms with Gasteiger partial charge in [0.2, 0.25) is 0 Å². The van der Waals surface area contributed by atoms with E-state index in [1.165, 1.54) is 10.6 Å². The Morgan fingerprint density at radius 2 is 1.75 bits per heavy atom. The molecule has 0 aliphatic carbocycles. The number of aliphatic hydroxyl groups excluding tert-OH is 1. The highest BCUT2D eigenvalue weighted by atomic mass is 16.3. The number of benzene rings is 1. The minimum absolute atomic E-state index is 0.179. The molecule has 0 unspecified atom stereocenters. The Morgan fingerprint density at radius 1 is 1.20 bits per heavy atom. The van der Waals surface area contributed by atoms with Crippen molar-refractivity contribution >= 4 is 5.69 Å². The molecule has 0 amide bonds. The van der Waals surface area contributed by atoms with Crippen molar-refractivity contribution in [1.82, 2.24) is 5.01 Å². The van der Waals surface area contributed by atoms with Crippen LogP contribution in [0.4, 0.5) is 5.69 Å². The molecule has 0 radical (unpaired) electrons. The fourth-order valence-corrected chi connectivity index (χ4v) is 1.51. The lowest BCUT2D eigenvalue weighted by Gasteiger charge is -2.23. The average Bonchev–Trinajstić information content (AvgIpc) is 2.47. The van der Waals surface area contributed by atoms with Gasteiger partial charge in [0.25, 0.3) is 0 Å². The summed E-state index contributed by atoms with van der Waals surface area (Å²) < 4.78 is 0. The lowest BCUT2D eigenvalue weighted by Crippen LogP contribution is -2.35. The number of hydrazine groups is 1. The Kier molecular flexibility index (Phi) is 9.24. The molecule has 1 aromatic rings. The van der Waals surface area contributed by atoms with Crippen molar-refractivity contribution in [2.45, 2.75) is 20.8 Å². The number of rotatable bonds is 6. The van der Waals surface area contributed by atoms with E-state index in [1.54, 1.807) is 6.20 Å². The van der Waals surface area contributed by atoms with E-state index in [9.17, 15) is 0 Å². The highest BCUT2D eigenvalue weighted by molar-refractivity contribution is 5.46. The summed E-state index contributed by atoms with van der Waals surface area (Å²) in [5.74, 6) is 5.74. The van der Waals surface area contributed by atoms with E-state index in [1.807, 2.05) is 20.9 Å². The summed E-state index contributed by atoms with van der Waals surface area (Å²) in [6.07, 6.45) is 1.54. The Balaban J connectivity index is 0.00000172. The van der Waals surface area contributed by atoms with Crippen LogP contribution in [-0.4, -0.2) is 36.9 Å². The highest BCUT2D eigenvalue weighted by Gasteiger charge is 2.02. The van der Waals surface area contributed by atoms with Crippen LogP contribution in [0.2, 0.25) is 0 Å². The summed E-state index contributed by atoms with van der Waals surface area (Å²) in [6.45, 7) is 7.29. The van der Waals surface area contributed by atoms with Crippen molar-refractivity contribution in [2.24, 2.45) is 11.6 Å². The summed E-state index contributed by atoms with van der Waals surface area (Å²) in [7, 11) is 2.01. The van der Waals surface area contributed by atoms with Crippen LogP contribution in [0.3, 0.4) is 0 Å². The van der Waals surface area contributed by atoms with E-state index in [4.69, 9.17) is 16.7 Å². The Bertz CT molecular complexity index is 389. The quantitative estimate of drug-likeness (QED) is 0.542. The summed E-state index contributed by atoms with van der Waals surface area (Å²) in [6, 6.07) is 8.31. The molecule has 0 saturated carbocycles. The van der Waals surface area contributed by atoms with Crippen molar-refractivity contribution in [1.29, 1.82) is 0 Å². The lowest BCUT2D eigenvalue weighted by molar-refractivity contribution is 0.320. The molecule has 114 valence electrons. The maximum absolute atomic E-state index is 8.78. The molecule has 0 aliphatic rings. The number of nitrogens with zero attached hydrogens (tertiary/aromatic N) is 2. The Labute approximate surface area is 122 Å². The number of aryl methyl sites for hydroxylation is 1. The maximum atomic E-state index is 8.78. The van der Waals surface area contributed by atoms with Crippen molar-refractivity contribution in [3.8, 4) is 0 Å². The lowest BCUT2D eigenvalue weighted by atomic mass is 10.2. The average molecular weight is 280 g/mol. The molecule has 5 nitrogen and oxygen atoms in total. The number of hydrogen-bond donors (Lipinski definition) is 3. The molecule has 0 fully saturated rings. The molecule has 0 saturated heterocycles. The van der Waals surface area contributed by atoms with Gasteiger partial charge in [-0.1, -0.05) is 31.5 Å². The predicted molar refractivity (Wildman–Crippen MR) is 86.0 cm³/mol. The molecule has 1 rings (SSSR count). The van der Waals surface area contributed by atoms with E-state index in [0.29, 0.717) is 12.2 Å². The van der Waals surface area contributed by atoms with Gasteiger partial charge in [0, 0.05) is 25.5 Å². The van der Waals surface area contributed by atoms with E-state index < -0.39 is 0 Å². The third-order valence-corrected chi connectivity index (χ3v) is 2.68. The molecule has 20 heavy (non-hydrogen) atoms. The van der Waals surface area contributed by atoms with Gasteiger partial charge in [0.1, 0.15) is 0 Å². The van der Waals surface area contributed by atoms with Gasteiger partial charge in [-0.15, -0.1) is 0 Å². The van der Waals surface area contributed by atoms with Crippen molar-refractivity contribution in [2.75, 3.05) is 31.6 Å². The zero-order chi connectivity index (χ0) is 15.5. The van der Waals surface area contributed by atoms with E-state index >= 15 is 0 Å². The predicted octanol–water partition coefficient (Wildman–Crippen LogP) is 1.43. The number of nitrogens with two attached hydrogens (primary N) is 2. The first-order valence-electron chi connectivity index (χ1n) is 6.89. The third kappa shape index (κ3) is 7.01. The fourth-order valence-electron chi connectivity index (χ4n) is 1.51. The minimum atomic E-state index is -0.179. The van der Waals surface area contributed by atoms with Gasteiger partial charge in [-0.2, -0.15) is 0 Å².